The fourth-order valence-electron chi connectivity index (χ4n) is 4.67. The van der Waals surface area contributed by atoms with E-state index in [0.29, 0.717) is 37.0 Å². The molecule has 1 aliphatic carbocycles. The van der Waals surface area contributed by atoms with Crippen molar-refractivity contribution in [1.82, 2.24) is 15.3 Å². The molecule has 1 amide bonds. The van der Waals surface area contributed by atoms with Gasteiger partial charge >= 0.3 is 12.1 Å². The first-order valence-corrected chi connectivity index (χ1v) is 12.6. The molecule has 2 N–H and O–H groups in total. The molecule has 3 aromatic rings. The van der Waals surface area contributed by atoms with E-state index in [1.54, 1.807) is 0 Å². The number of fused-ring (bicyclic) bond motifs is 1. The Balaban J connectivity index is 1.36. The van der Waals surface area contributed by atoms with Crippen molar-refractivity contribution in [3.8, 4) is 0 Å². The predicted octanol–water partition coefficient (Wildman–Crippen LogP) is 4.91. The summed E-state index contributed by atoms with van der Waals surface area (Å²) < 4.78 is 70.0. The van der Waals surface area contributed by atoms with E-state index in [9.17, 15) is 31.5 Å². The molecule has 4 rings (SSSR count). The van der Waals surface area contributed by atoms with Crippen molar-refractivity contribution in [2.75, 3.05) is 30.9 Å². The number of alkyl halides is 3. The van der Waals surface area contributed by atoms with E-state index < -0.39 is 41.4 Å². The van der Waals surface area contributed by atoms with E-state index in [1.165, 1.54) is 0 Å². The predicted molar refractivity (Wildman–Crippen MR) is 137 cm³/mol. The third-order valence-corrected chi connectivity index (χ3v) is 6.63. The van der Waals surface area contributed by atoms with Crippen LogP contribution in [0.15, 0.2) is 42.5 Å². The number of nitrogens with one attached hydrogen (secondary N) is 2. The second-order valence-electron chi connectivity index (χ2n) is 9.88. The molecule has 0 spiro atoms. The molecule has 1 atom stereocenters. The minimum absolute atomic E-state index is 0.0138. The molecule has 214 valence electrons. The normalized spacial score (nSPS) is 18.2. The lowest BCUT2D eigenvalue weighted by molar-refractivity contribution is -0.205. The topological polar surface area (TPSA) is 96.5 Å². The number of hydrogen-bond donors (Lipinski definition) is 2. The molecular formula is C27H28F5N5O3. The van der Waals surface area contributed by atoms with Gasteiger partial charge in [-0.3, -0.25) is 4.79 Å². The molecule has 1 aliphatic rings. The van der Waals surface area contributed by atoms with Gasteiger partial charge in [0.1, 0.15) is 17.5 Å². The zero-order valence-electron chi connectivity index (χ0n) is 21.8. The van der Waals surface area contributed by atoms with Crippen LogP contribution in [-0.2, 0) is 14.3 Å². The SMILES string of the molecule is CN(C)c1nc(NC2CCC(CNC(=O)C(OC(=O)C(F)(F)F)c3cc(F)cc(F)c3)CC2)nc2ccccc12. The number of carbonyl (C=O) groups is 2. The van der Waals surface area contributed by atoms with Crippen molar-refractivity contribution in [3.05, 3.63) is 59.7 Å². The van der Waals surface area contributed by atoms with E-state index in [4.69, 9.17) is 0 Å². The second-order valence-corrected chi connectivity index (χ2v) is 9.88. The number of ether oxygens (including phenoxy) is 1. The lowest BCUT2D eigenvalue weighted by Crippen LogP contribution is -2.39. The number of para-hydroxylation sites is 1. The van der Waals surface area contributed by atoms with Crippen LogP contribution in [0.2, 0.25) is 0 Å². The molecule has 1 aromatic heterocycles. The Hall–Kier alpha value is -4.03. The Morgan fingerprint density at radius 1 is 1.02 bits per heavy atom. The monoisotopic (exact) mass is 565 g/mol. The summed E-state index contributed by atoms with van der Waals surface area (Å²) in [4.78, 5) is 35.3. The van der Waals surface area contributed by atoms with Gasteiger partial charge in [0.25, 0.3) is 5.91 Å². The van der Waals surface area contributed by atoms with Crippen LogP contribution in [0.3, 0.4) is 0 Å². The highest BCUT2D eigenvalue weighted by atomic mass is 19.4. The van der Waals surface area contributed by atoms with Gasteiger partial charge in [-0.15, -0.1) is 0 Å². The Labute approximate surface area is 226 Å². The second kappa shape index (κ2) is 12.0. The first kappa shape index (κ1) is 29.0. The number of esters is 1. The Morgan fingerprint density at radius 3 is 2.30 bits per heavy atom. The molecule has 0 radical (unpaired) electrons. The van der Waals surface area contributed by atoms with Crippen LogP contribution >= 0.6 is 0 Å². The summed E-state index contributed by atoms with van der Waals surface area (Å²) in [6.45, 7) is 0.0840. The largest absolute Gasteiger partial charge is 0.490 e. The van der Waals surface area contributed by atoms with Gasteiger partial charge in [-0.05, 0) is 55.9 Å². The summed E-state index contributed by atoms with van der Waals surface area (Å²) in [6, 6.07) is 9.52. The van der Waals surface area contributed by atoms with Crippen molar-refractivity contribution in [1.29, 1.82) is 0 Å². The first-order valence-electron chi connectivity index (χ1n) is 12.6. The van der Waals surface area contributed by atoms with Gasteiger partial charge in [0, 0.05) is 43.7 Å². The lowest BCUT2D eigenvalue weighted by Gasteiger charge is -2.30. The number of amides is 1. The molecule has 0 bridgehead atoms. The number of benzene rings is 2. The van der Waals surface area contributed by atoms with Gasteiger partial charge in [-0.25, -0.2) is 18.6 Å². The first-order chi connectivity index (χ1) is 18.9. The summed E-state index contributed by atoms with van der Waals surface area (Å²) in [5.74, 6) is -4.75. The minimum atomic E-state index is -5.39. The van der Waals surface area contributed by atoms with E-state index in [2.05, 4.69) is 25.3 Å². The minimum Gasteiger partial charge on any atom is -0.441 e. The summed E-state index contributed by atoms with van der Waals surface area (Å²) in [5, 5.41) is 6.77. The number of hydrogen-bond acceptors (Lipinski definition) is 7. The zero-order valence-corrected chi connectivity index (χ0v) is 21.8. The van der Waals surface area contributed by atoms with Crippen molar-refractivity contribution in [3.63, 3.8) is 0 Å². The fraction of sp³-hybridized carbons (Fsp3) is 0.407. The highest BCUT2D eigenvalue weighted by Crippen LogP contribution is 2.29. The molecule has 1 heterocycles. The third kappa shape index (κ3) is 7.13. The summed E-state index contributed by atoms with van der Waals surface area (Å²) in [5.41, 5.74) is 0.257. The molecule has 1 unspecified atom stereocenters. The van der Waals surface area contributed by atoms with Crippen LogP contribution in [0.1, 0.15) is 37.4 Å². The molecule has 1 fully saturated rings. The van der Waals surface area contributed by atoms with Crippen LogP contribution in [0.5, 0.6) is 0 Å². The number of nitrogens with zero attached hydrogens (tertiary/aromatic N) is 3. The number of anilines is 2. The molecule has 13 heteroatoms. The van der Waals surface area contributed by atoms with E-state index >= 15 is 0 Å². The van der Waals surface area contributed by atoms with Crippen molar-refractivity contribution in [2.24, 2.45) is 5.92 Å². The molecule has 2 aromatic carbocycles. The van der Waals surface area contributed by atoms with Gasteiger partial charge in [-0.2, -0.15) is 18.2 Å². The van der Waals surface area contributed by atoms with Crippen LogP contribution in [0.25, 0.3) is 10.9 Å². The smallest absolute Gasteiger partial charge is 0.441 e. The summed E-state index contributed by atoms with van der Waals surface area (Å²) in [6.07, 6.45) is -4.78. The van der Waals surface area contributed by atoms with Crippen LogP contribution < -0.4 is 15.5 Å². The Kier molecular flexibility index (Phi) is 8.70. The van der Waals surface area contributed by atoms with Crippen LogP contribution in [0, 0.1) is 17.6 Å². The maximum absolute atomic E-state index is 13.7. The molecule has 0 aliphatic heterocycles. The Morgan fingerprint density at radius 2 is 1.68 bits per heavy atom. The number of carbonyl (C=O) groups excluding carboxylic acids is 2. The summed E-state index contributed by atoms with van der Waals surface area (Å²) in [7, 11) is 3.80. The number of rotatable bonds is 8. The lowest BCUT2D eigenvalue weighted by atomic mass is 9.86. The molecule has 8 nitrogen and oxygen atoms in total. The van der Waals surface area contributed by atoms with Gasteiger partial charge in [0.15, 0.2) is 0 Å². The van der Waals surface area contributed by atoms with Gasteiger partial charge in [-0.1, -0.05) is 12.1 Å². The molecular weight excluding hydrogens is 537 g/mol. The number of aromatic nitrogens is 2. The Bertz CT molecular complexity index is 1360. The van der Waals surface area contributed by atoms with Crippen molar-refractivity contribution >= 4 is 34.5 Å². The van der Waals surface area contributed by atoms with Crippen molar-refractivity contribution < 1.29 is 36.3 Å². The average Bonchev–Trinajstić information content (AvgIpc) is 2.89. The standard InChI is InChI=1S/C27H28F5N5O3/c1-37(2)23-20-5-3-4-6-21(20)35-26(36-23)34-19-9-7-15(8-10-19)14-33-24(38)22(40-25(39)27(30,31)32)16-11-17(28)13-18(29)12-16/h3-6,11-13,15,19,22H,7-10,14H2,1-2H3,(H,33,38)(H,34,35,36). The molecule has 0 saturated heterocycles. The van der Waals surface area contributed by atoms with Crippen molar-refractivity contribution in [2.45, 2.75) is 44.0 Å². The molecule has 40 heavy (non-hydrogen) atoms. The van der Waals surface area contributed by atoms with Crippen LogP contribution in [-0.4, -0.2) is 54.7 Å². The number of halogens is 5. The maximum atomic E-state index is 13.7. The van der Waals surface area contributed by atoms with Gasteiger partial charge < -0.3 is 20.3 Å². The van der Waals surface area contributed by atoms with E-state index in [1.807, 2.05) is 43.3 Å². The summed E-state index contributed by atoms with van der Waals surface area (Å²) >= 11 is 0. The maximum Gasteiger partial charge on any atom is 0.490 e. The highest BCUT2D eigenvalue weighted by Gasteiger charge is 2.44. The molecule has 1 saturated carbocycles. The van der Waals surface area contributed by atoms with Crippen LogP contribution in [0.4, 0.5) is 33.7 Å². The van der Waals surface area contributed by atoms with E-state index in [-0.39, 0.29) is 18.5 Å². The van der Waals surface area contributed by atoms with Gasteiger partial charge in [0.05, 0.1) is 5.52 Å². The average molecular weight is 566 g/mol. The van der Waals surface area contributed by atoms with E-state index in [0.717, 1.165) is 29.6 Å². The quantitative estimate of drug-likeness (QED) is 0.296. The fourth-order valence-corrected chi connectivity index (χ4v) is 4.67. The zero-order chi connectivity index (χ0) is 29.0. The van der Waals surface area contributed by atoms with Gasteiger partial charge in [0.2, 0.25) is 12.1 Å². The highest BCUT2D eigenvalue weighted by molar-refractivity contribution is 5.90. The third-order valence-electron chi connectivity index (χ3n) is 6.63.